The third-order valence-electron chi connectivity index (χ3n) is 6.57. The molecule has 0 radical (unpaired) electrons. The van der Waals surface area contributed by atoms with Crippen molar-refractivity contribution in [3.63, 3.8) is 0 Å². The molecule has 4 fully saturated rings. The Balaban J connectivity index is 1.45. The summed E-state index contributed by atoms with van der Waals surface area (Å²) in [5.41, 5.74) is 0.703. The molecule has 0 N–H and O–H groups in total. The van der Waals surface area contributed by atoms with Crippen molar-refractivity contribution in [1.29, 1.82) is 0 Å². The quantitative estimate of drug-likeness (QED) is 0.773. The van der Waals surface area contributed by atoms with Crippen LogP contribution in [-0.2, 0) is 6.54 Å². The maximum Gasteiger partial charge on any atom is 0.163 e. The molecule has 4 nitrogen and oxygen atoms in total. The number of ether oxygens (including phenoxy) is 2. The first-order valence-corrected chi connectivity index (χ1v) is 10.0. The molecule has 0 amide bonds. The lowest BCUT2D eigenvalue weighted by Gasteiger charge is -2.40. The summed E-state index contributed by atoms with van der Waals surface area (Å²) >= 11 is 0. The van der Waals surface area contributed by atoms with E-state index in [1.54, 1.807) is 20.3 Å². The summed E-state index contributed by atoms with van der Waals surface area (Å²) in [5.74, 6) is 2.50. The van der Waals surface area contributed by atoms with Gasteiger partial charge in [-0.05, 0) is 43.6 Å². The molecule has 26 heavy (non-hydrogen) atoms. The molecule has 5 heteroatoms. The number of hydrogen-bond acceptors (Lipinski definition) is 4. The lowest BCUT2D eigenvalue weighted by Crippen LogP contribution is -2.46. The fourth-order valence-corrected chi connectivity index (χ4v) is 4.89. The van der Waals surface area contributed by atoms with Crippen LogP contribution < -0.4 is 9.47 Å². The highest BCUT2D eigenvalue weighted by molar-refractivity contribution is 5.43. The summed E-state index contributed by atoms with van der Waals surface area (Å²) < 4.78 is 25.1. The molecular weight excluding hydrogens is 331 g/mol. The van der Waals surface area contributed by atoms with E-state index in [1.165, 1.54) is 51.3 Å². The van der Waals surface area contributed by atoms with Gasteiger partial charge in [0.25, 0.3) is 0 Å². The van der Waals surface area contributed by atoms with Crippen molar-refractivity contribution in [3.8, 4) is 11.5 Å². The van der Waals surface area contributed by atoms with Crippen LogP contribution in [0, 0.1) is 17.7 Å². The summed E-state index contributed by atoms with van der Waals surface area (Å²) in [5, 5.41) is 0. The second kappa shape index (κ2) is 7.73. The zero-order chi connectivity index (χ0) is 18.1. The smallest absolute Gasteiger partial charge is 0.163 e. The molecule has 0 unspecified atom stereocenters. The standard InChI is InChI=1S/C21H31FN2O2/c1-25-20-8-17(19(22)9-21(20)26-2)13-23-10-16-6-7-18(14-23)24(12-16)11-15-4-3-5-15/h8-9,15-16,18H,3-7,10-14H2,1-2H3/t16-,18+/m0/s1. The average molecular weight is 362 g/mol. The Bertz CT molecular complexity index is 635. The molecule has 5 rings (SSSR count). The van der Waals surface area contributed by atoms with Gasteiger partial charge >= 0.3 is 0 Å². The SMILES string of the molecule is COc1cc(F)c(CN2C[C@@H]3CC[C@H](C2)N(CC2CCC2)C3)cc1OC. The third-order valence-corrected chi connectivity index (χ3v) is 6.57. The van der Waals surface area contributed by atoms with Gasteiger partial charge in [-0.25, -0.2) is 4.39 Å². The van der Waals surface area contributed by atoms with Gasteiger partial charge in [-0.15, -0.1) is 0 Å². The van der Waals surface area contributed by atoms with Crippen molar-refractivity contribution < 1.29 is 13.9 Å². The highest BCUT2D eigenvalue weighted by atomic mass is 19.1. The van der Waals surface area contributed by atoms with E-state index in [0.717, 1.165) is 24.9 Å². The van der Waals surface area contributed by atoms with E-state index in [4.69, 9.17) is 9.47 Å². The van der Waals surface area contributed by atoms with Gasteiger partial charge in [0.1, 0.15) is 5.82 Å². The van der Waals surface area contributed by atoms with Crippen LogP contribution in [-0.4, -0.2) is 56.2 Å². The minimum atomic E-state index is -0.203. The van der Waals surface area contributed by atoms with Crippen molar-refractivity contribution in [1.82, 2.24) is 9.80 Å². The fourth-order valence-electron chi connectivity index (χ4n) is 4.89. The van der Waals surface area contributed by atoms with Gasteiger partial charge in [-0.3, -0.25) is 9.80 Å². The van der Waals surface area contributed by atoms with Gasteiger partial charge in [-0.1, -0.05) is 6.42 Å². The number of halogens is 1. The minimum Gasteiger partial charge on any atom is -0.493 e. The second-order valence-corrected chi connectivity index (χ2v) is 8.34. The van der Waals surface area contributed by atoms with Gasteiger partial charge < -0.3 is 9.47 Å². The first kappa shape index (κ1) is 18.1. The predicted molar refractivity (Wildman–Crippen MR) is 100 cm³/mol. The Morgan fingerprint density at radius 3 is 2.46 bits per heavy atom. The van der Waals surface area contributed by atoms with Crippen LogP contribution in [0.15, 0.2) is 12.1 Å². The molecule has 3 aliphatic heterocycles. The van der Waals surface area contributed by atoms with Crippen LogP contribution in [0.5, 0.6) is 11.5 Å². The molecule has 1 aliphatic carbocycles. The molecule has 0 spiro atoms. The van der Waals surface area contributed by atoms with Crippen molar-refractivity contribution >= 4 is 0 Å². The number of hydrogen-bond donors (Lipinski definition) is 0. The highest BCUT2D eigenvalue weighted by Crippen LogP contribution is 2.35. The number of methoxy groups -OCH3 is 2. The van der Waals surface area contributed by atoms with Crippen molar-refractivity contribution in [3.05, 3.63) is 23.5 Å². The van der Waals surface area contributed by atoms with Crippen LogP contribution in [0.1, 0.15) is 37.7 Å². The van der Waals surface area contributed by atoms with Gasteiger partial charge in [0.2, 0.25) is 0 Å². The monoisotopic (exact) mass is 362 g/mol. The molecule has 144 valence electrons. The Hall–Kier alpha value is -1.33. The number of piperidine rings is 1. The maximum atomic E-state index is 14.5. The molecule has 1 aromatic carbocycles. The third kappa shape index (κ3) is 3.70. The number of nitrogens with zero attached hydrogens (tertiary/aromatic N) is 2. The first-order chi connectivity index (χ1) is 12.7. The van der Waals surface area contributed by atoms with Crippen LogP contribution >= 0.6 is 0 Å². The summed E-state index contributed by atoms with van der Waals surface area (Å²) in [6, 6.07) is 3.88. The first-order valence-electron chi connectivity index (χ1n) is 10.0. The summed E-state index contributed by atoms with van der Waals surface area (Å²) in [4.78, 5) is 5.19. The van der Waals surface area contributed by atoms with Gasteiger partial charge in [0, 0.05) is 50.4 Å². The Morgan fingerprint density at radius 1 is 1.00 bits per heavy atom. The average Bonchev–Trinajstić information content (AvgIpc) is 2.90. The van der Waals surface area contributed by atoms with Crippen molar-refractivity contribution in [2.45, 2.75) is 44.7 Å². The van der Waals surface area contributed by atoms with Gasteiger partial charge in [0.05, 0.1) is 14.2 Å². The number of benzene rings is 1. The van der Waals surface area contributed by atoms with Crippen molar-refractivity contribution in [2.75, 3.05) is 40.4 Å². The topological polar surface area (TPSA) is 24.9 Å². The van der Waals surface area contributed by atoms with E-state index in [2.05, 4.69) is 9.80 Å². The number of fused-ring (bicyclic) bond motifs is 4. The minimum absolute atomic E-state index is 0.203. The maximum absolute atomic E-state index is 14.5. The summed E-state index contributed by atoms with van der Waals surface area (Å²) in [6.07, 6.45) is 6.85. The van der Waals surface area contributed by atoms with E-state index in [0.29, 0.717) is 29.6 Å². The van der Waals surface area contributed by atoms with Crippen LogP contribution in [0.4, 0.5) is 4.39 Å². The van der Waals surface area contributed by atoms with Crippen LogP contribution in [0.2, 0.25) is 0 Å². The fraction of sp³-hybridized carbons (Fsp3) is 0.714. The zero-order valence-corrected chi connectivity index (χ0v) is 16.0. The summed E-state index contributed by atoms with van der Waals surface area (Å²) in [6.45, 7) is 5.28. The lowest BCUT2D eigenvalue weighted by atomic mass is 9.83. The molecule has 3 saturated heterocycles. The van der Waals surface area contributed by atoms with Gasteiger partial charge in [0.15, 0.2) is 11.5 Å². The molecule has 3 heterocycles. The van der Waals surface area contributed by atoms with Crippen LogP contribution in [0.25, 0.3) is 0 Å². The van der Waals surface area contributed by atoms with E-state index < -0.39 is 0 Å². The molecule has 1 aromatic rings. The number of rotatable bonds is 6. The Labute approximate surface area is 156 Å². The van der Waals surface area contributed by atoms with E-state index in [9.17, 15) is 4.39 Å². The zero-order valence-electron chi connectivity index (χ0n) is 16.0. The molecule has 2 bridgehead atoms. The normalized spacial score (nSPS) is 27.2. The van der Waals surface area contributed by atoms with E-state index >= 15 is 0 Å². The molecular formula is C21H31FN2O2. The highest BCUT2D eigenvalue weighted by Gasteiger charge is 2.36. The molecule has 0 aromatic heterocycles. The molecule has 4 aliphatic rings. The Kier molecular flexibility index (Phi) is 5.37. The summed E-state index contributed by atoms with van der Waals surface area (Å²) in [7, 11) is 3.14. The predicted octanol–water partition coefficient (Wildman–Crippen LogP) is 3.54. The second-order valence-electron chi connectivity index (χ2n) is 8.34. The molecule has 2 atom stereocenters. The van der Waals surface area contributed by atoms with Crippen molar-refractivity contribution in [2.24, 2.45) is 11.8 Å². The van der Waals surface area contributed by atoms with Gasteiger partial charge in [-0.2, -0.15) is 0 Å². The lowest BCUT2D eigenvalue weighted by molar-refractivity contribution is 0.0890. The van der Waals surface area contributed by atoms with Crippen LogP contribution in [0.3, 0.4) is 0 Å². The molecule has 1 saturated carbocycles. The van der Waals surface area contributed by atoms with E-state index in [1.807, 2.05) is 0 Å². The van der Waals surface area contributed by atoms with E-state index in [-0.39, 0.29) is 5.82 Å². The largest absolute Gasteiger partial charge is 0.493 e. The Morgan fingerprint density at radius 2 is 1.77 bits per heavy atom.